The van der Waals surface area contributed by atoms with Crippen LogP contribution in [0.25, 0.3) is 0 Å². The summed E-state index contributed by atoms with van der Waals surface area (Å²) in [5.74, 6) is -0.155. The number of aromatic hydroxyl groups is 1. The van der Waals surface area contributed by atoms with Crippen LogP contribution < -0.4 is 0 Å². The van der Waals surface area contributed by atoms with Crippen LogP contribution >= 0.6 is 7.60 Å². The van der Waals surface area contributed by atoms with Gasteiger partial charge < -0.3 is 14.2 Å². The number of benzene rings is 1. The summed E-state index contributed by atoms with van der Waals surface area (Å²) in [5, 5.41) is 9.06. The molecule has 7 heteroatoms. The Balaban J connectivity index is 3.15. The number of hydrogen-bond acceptors (Lipinski definition) is 4. The highest BCUT2D eigenvalue weighted by atomic mass is 31.2. The molecule has 0 aromatic heterocycles. The lowest BCUT2D eigenvalue weighted by Gasteiger charge is -2.25. The van der Waals surface area contributed by atoms with Gasteiger partial charge in [0.25, 0.3) is 0 Å². The van der Waals surface area contributed by atoms with Crippen molar-refractivity contribution in [1.29, 1.82) is 0 Å². The van der Waals surface area contributed by atoms with Gasteiger partial charge in [-0.05, 0) is 38.1 Å². The van der Waals surface area contributed by atoms with Gasteiger partial charge in [-0.2, -0.15) is 8.78 Å². The molecule has 0 amide bonds. The van der Waals surface area contributed by atoms with Gasteiger partial charge in [0.15, 0.2) is 0 Å². The lowest BCUT2D eigenvalue weighted by Crippen LogP contribution is -2.18. The van der Waals surface area contributed by atoms with Crippen LogP contribution in [0.15, 0.2) is 24.3 Å². The van der Waals surface area contributed by atoms with Gasteiger partial charge in [0.1, 0.15) is 5.75 Å². The second-order valence-corrected chi connectivity index (χ2v) is 5.49. The molecule has 1 N–H and O–H groups in total. The first-order chi connectivity index (χ1) is 8.37. The molecular formula is C11H15F2O4P. The molecule has 102 valence electrons. The minimum absolute atomic E-state index is 0.148. The van der Waals surface area contributed by atoms with E-state index in [9.17, 15) is 13.3 Å². The van der Waals surface area contributed by atoms with Crippen LogP contribution in [0.1, 0.15) is 19.4 Å². The van der Waals surface area contributed by atoms with Crippen molar-refractivity contribution >= 4 is 7.60 Å². The third-order valence-electron chi connectivity index (χ3n) is 2.16. The van der Waals surface area contributed by atoms with Crippen LogP contribution in [0.4, 0.5) is 8.78 Å². The first-order valence-corrected chi connectivity index (χ1v) is 6.98. The van der Waals surface area contributed by atoms with Crippen LogP contribution in [0.5, 0.6) is 5.75 Å². The maximum Gasteiger partial charge on any atom is 0.404 e. The van der Waals surface area contributed by atoms with E-state index in [0.29, 0.717) is 0 Å². The zero-order valence-electron chi connectivity index (χ0n) is 10.1. The van der Waals surface area contributed by atoms with Gasteiger partial charge in [0.2, 0.25) is 0 Å². The molecular weight excluding hydrogens is 265 g/mol. The number of phenolic OH excluding ortho intramolecular Hbond substituents is 1. The molecule has 0 saturated heterocycles. The first kappa shape index (κ1) is 15.1. The summed E-state index contributed by atoms with van der Waals surface area (Å²) in [5.41, 5.74) is -4.28. The standard InChI is InChI=1S/C11H15F2O4P/c1-3-16-18(15,17-4-2)11(12,13)9-5-7-10(14)8-6-9/h5-8,14H,3-4H2,1-2H3. The molecule has 0 aliphatic heterocycles. The fourth-order valence-corrected chi connectivity index (χ4v) is 2.90. The molecule has 0 saturated carbocycles. The van der Waals surface area contributed by atoms with E-state index >= 15 is 0 Å². The maximum atomic E-state index is 14.1. The topological polar surface area (TPSA) is 55.8 Å². The molecule has 0 aliphatic rings. The molecule has 0 radical (unpaired) electrons. The molecule has 0 spiro atoms. The summed E-state index contributed by atoms with van der Waals surface area (Å²) in [6, 6.07) is 4.15. The highest BCUT2D eigenvalue weighted by molar-refractivity contribution is 7.54. The summed E-state index contributed by atoms with van der Waals surface area (Å²) in [7, 11) is -4.57. The van der Waals surface area contributed by atoms with Gasteiger partial charge in [0.05, 0.1) is 13.2 Å². The van der Waals surface area contributed by atoms with Crippen LogP contribution in [-0.4, -0.2) is 18.3 Å². The van der Waals surface area contributed by atoms with Crippen LogP contribution in [0.2, 0.25) is 0 Å². The van der Waals surface area contributed by atoms with Gasteiger partial charge in [-0.25, -0.2) is 0 Å². The van der Waals surface area contributed by atoms with E-state index in [2.05, 4.69) is 9.05 Å². The summed E-state index contributed by atoms with van der Waals surface area (Å²) in [4.78, 5) is 0. The van der Waals surface area contributed by atoms with E-state index in [1.165, 1.54) is 13.8 Å². The molecule has 1 aromatic rings. The molecule has 1 rings (SSSR count). The van der Waals surface area contributed by atoms with Crippen LogP contribution in [-0.2, 0) is 19.3 Å². The van der Waals surface area contributed by atoms with Gasteiger partial charge in [0, 0.05) is 5.56 Å². The van der Waals surface area contributed by atoms with E-state index in [-0.39, 0.29) is 19.0 Å². The van der Waals surface area contributed by atoms with E-state index in [4.69, 9.17) is 5.11 Å². The first-order valence-electron chi connectivity index (χ1n) is 5.44. The van der Waals surface area contributed by atoms with Crippen molar-refractivity contribution in [3.05, 3.63) is 29.8 Å². The van der Waals surface area contributed by atoms with Gasteiger partial charge in [-0.3, -0.25) is 4.57 Å². The zero-order valence-corrected chi connectivity index (χ0v) is 11.0. The lowest BCUT2D eigenvalue weighted by atomic mass is 10.2. The summed E-state index contributed by atoms with van der Waals surface area (Å²) < 4.78 is 49.6. The Kier molecular flexibility index (Phi) is 4.85. The molecule has 4 nitrogen and oxygen atoms in total. The Hall–Kier alpha value is -0.970. The van der Waals surface area contributed by atoms with Crippen molar-refractivity contribution in [3.8, 4) is 5.75 Å². The van der Waals surface area contributed by atoms with E-state index < -0.39 is 18.8 Å². The molecule has 0 aliphatic carbocycles. The van der Waals surface area contributed by atoms with Crippen LogP contribution in [0.3, 0.4) is 0 Å². The fourth-order valence-electron chi connectivity index (χ4n) is 1.36. The summed E-state index contributed by atoms with van der Waals surface area (Å²) in [6.07, 6.45) is 0. The minimum atomic E-state index is -4.57. The Morgan fingerprint density at radius 3 is 2.00 bits per heavy atom. The monoisotopic (exact) mass is 280 g/mol. The molecule has 1 aromatic carbocycles. The zero-order chi connectivity index (χ0) is 13.8. The highest BCUT2D eigenvalue weighted by Gasteiger charge is 2.54. The average molecular weight is 280 g/mol. The Labute approximate surface area is 104 Å². The SMILES string of the molecule is CCOP(=O)(OCC)C(F)(F)c1ccc(O)cc1. The van der Waals surface area contributed by atoms with E-state index in [0.717, 1.165) is 24.3 Å². The Bertz CT molecular complexity index is 423. The second kappa shape index (κ2) is 5.78. The quantitative estimate of drug-likeness (QED) is 0.807. The van der Waals surface area contributed by atoms with E-state index in [1.807, 2.05) is 0 Å². The summed E-state index contributed by atoms with van der Waals surface area (Å²) >= 11 is 0. The van der Waals surface area contributed by atoms with Crippen molar-refractivity contribution in [2.24, 2.45) is 0 Å². The maximum absolute atomic E-state index is 14.1. The number of rotatable bonds is 6. The fraction of sp³-hybridized carbons (Fsp3) is 0.455. The van der Waals surface area contributed by atoms with Crippen molar-refractivity contribution in [3.63, 3.8) is 0 Å². The number of hydrogen-bond donors (Lipinski definition) is 1. The van der Waals surface area contributed by atoms with Gasteiger partial charge in [-0.1, -0.05) is 0 Å². The molecule has 0 unspecified atom stereocenters. The molecule has 0 fully saturated rings. The molecule has 0 heterocycles. The van der Waals surface area contributed by atoms with E-state index in [1.54, 1.807) is 0 Å². The smallest absolute Gasteiger partial charge is 0.404 e. The van der Waals surface area contributed by atoms with Crippen molar-refractivity contribution < 1.29 is 27.5 Å². The lowest BCUT2D eigenvalue weighted by molar-refractivity contribution is 0.0360. The predicted molar refractivity (Wildman–Crippen MR) is 62.9 cm³/mol. The Morgan fingerprint density at radius 1 is 1.17 bits per heavy atom. The number of halogens is 2. The van der Waals surface area contributed by atoms with Crippen molar-refractivity contribution in [2.75, 3.05) is 13.2 Å². The highest BCUT2D eigenvalue weighted by Crippen LogP contribution is 2.66. The number of phenols is 1. The largest absolute Gasteiger partial charge is 0.508 e. The molecule has 0 bridgehead atoms. The predicted octanol–water partition coefficient (Wildman–Crippen LogP) is 3.71. The average Bonchev–Trinajstić information content (AvgIpc) is 2.30. The van der Waals surface area contributed by atoms with Crippen molar-refractivity contribution in [1.82, 2.24) is 0 Å². The van der Waals surface area contributed by atoms with Gasteiger partial charge >= 0.3 is 13.3 Å². The Morgan fingerprint density at radius 2 is 1.61 bits per heavy atom. The normalized spacial score (nSPS) is 12.7. The molecule has 0 atom stereocenters. The third-order valence-corrected chi connectivity index (χ3v) is 4.30. The second-order valence-electron chi connectivity index (χ2n) is 3.42. The minimum Gasteiger partial charge on any atom is -0.508 e. The van der Waals surface area contributed by atoms with Crippen LogP contribution in [0, 0.1) is 0 Å². The van der Waals surface area contributed by atoms with Crippen molar-refractivity contribution in [2.45, 2.75) is 19.5 Å². The third kappa shape index (κ3) is 2.88. The molecule has 18 heavy (non-hydrogen) atoms. The summed E-state index contributed by atoms with van der Waals surface area (Å²) in [6.45, 7) is 2.62. The van der Waals surface area contributed by atoms with Gasteiger partial charge in [-0.15, -0.1) is 0 Å². The number of alkyl halides is 2.